The van der Waals surface area contributed by atoms with Crippen molar-refractivity contribution in [2.75, 3.05) is 13.1 Å². The summed E-state index contributed by atoms with van der Waals surface area (Å²) >= 11 is 5.93. The van der Waals surface area contributed by atoms with Crippen LogP contribution in [0.3, 0.4) is 0 Å². The zero-order valence-electron chi connectivity index (χ0n) is 6.92. The van der Waals surface area contributed by atoms with Gasteiger partial charge in [0.15, 0.2) is 0 Å². The van der Waals surface area contributed by atoms with Crippen LogP contribution >= 0.6 is 11.6 Å². The minimum Gasteiger partial charge on any atom is -0.508 e. The summed E-state index contributed by atoms with van der Waals surface area (Å²) in [6.07, 6.45) is 0. The first kappa shape index (κ1) is 8.38. The van der Waals surface area contributed by atoms with Crippen molar-refractivity contribution in [2.24, 2.45) is 4.99 Å². The second-order valence-corrected chi connectivity index (χ2v) is 3.23. The maximum atomic E-state index is 9.14. The molecule has 1 heterocycles. The van der Waals surface area contributed by atoms with Crippen LogP contribution in [-0.2, 0) is 0 Å². The summed E-state index contributed by atoms with van der Waals surface area (Å²) in [4.78, 5) is 4.24. The largest absolute Gasteiger partial charge is 0.508 e. The van der Waals surface area contributed by atoms with E-state index < -0.39 is 0 Å². The molecule has 13 heavy (non-hydrogen) atoms. The molecule has 0 fully saturated rings. The van der Waals surface area contributed by atoms with Gasteiger partial charge in [0.05, 0.1) is 11.6 Å². The molecular formula is C9H9ClN2O. The molecule has 1 aliphatic heterocycles. The highest BCUT2D eigenvalue weighted by Crippen LogP contribution is 2.22. The maximum Gasteiger partial charge on any atom is 0.129 e. The second kappa shape index (κ2) is 3.26. The van der Waals surface area contributed by atoms with E-state index in [0.29, 0.717) is 5.02 Å². The number of amidine groups is 1. The van der Waals surface area contributed by atoms with Gasteiger partial charge in [-0.2, -0.15) is 0 Å². The van der Waals surface area contributed by atoms with Crippen LogP contribution in [0, 0.1) is 0 Å². The number of phenolic OH excluding ortho intramolecular Hbond substituents is 1. The van der Waals surface area contributed by atoms with Gasteiger partial charge >= 0.3 is 0 Å². The number of benzene rings is 1. The van der Waals surface area contributed by atoms with Crippen molar-refractivity contribution in [3.05, 3.63) is 28.8 Å². The van der Waals surface area contributed by atoms with Crippen LogP contribution in [0.15, 0.2) is 23.2 Å². The molecule has 0 atom stereocenters. The highest BCUT2D eigenvalue weighted by molar-refractivity contribution is 6.34. The molecule has 4 heteroatoms. The third kappa shape index (κ3) is 1.60. The van der Waals surface area contributed by atoms with Crippen molar-refractivity contribution in [1.82, 2.24) is 5.32 Å². The molecule has 0 aliphatic carbocycles. The van der Waals surface area contributed by atoms with Gasteiger partial charge in [-0.05, 0) is 18.2 Å². The highest BCUT2D eigenvalue weighted by atomic mass is 35.5. The Kier molecular flexibility index (Phi) is 2.10. The summed E-state index contributed by atoms with van der Waals surface area (Å²) in [6, 6.07) is 4.87. The molecule has 0 saturated heterocycles. The summed E-state index contributed by atoms with van der Waals surface area (Å²) in [6.45, 7) is 1.64. The molecule has 2 rings (SSSR count). The predicted molar refractivity (Wildman–Crippen MR) is 52.5 cm³/mol. The summed E-state index contributed by atoms with van der Waals surface area (Å²) in [5.41, 5.74) is 0.844. The Morgan fingerprint density at radius 3 is 2.92 bits per heavy atom. The number of aliphatic imine (C=N–C) groups is 1. The van der Waals surface area contributed by atoms with Crippen LogP contribution in [0.25, 0.3) is 0 Å². The monoisotopic (exact) mass is 196 g/mol. The van der Waals surface area contributed by atoms with Crippen molar-refractivity contribution >= 4 is 17.4 Å². The molecule has 0 saturated carbocycles. The van der Waals surface area contributed by atoms with Gasteiger partial charge < -0.3 is 10.4 Å². The number of phenols is 1. The quantitative estimate of drug-likeness (QED) is 0.713. The molecule has 0 radical (unpaired) electrons. The smallest absolute Gasteiger partial charge is 0.129 e. The molecule has 0 aromatic heterocycles. The molecule has 1 aliphatic rings. The van der Waals surface area contributed by atoms with Gasteiger partial charge in [0, 0.05) is 12.1 Å². The molecular weight excluding hydrogens is 188 g/mol. The topological polar surface area (TPSA) is 44.6 Å². The Balaban J connectivity index is 2.40. The molecule has 2 N–H and O–H groups in total. The van der Waals surface area contributed by atoms with Gasteiger partial charge in [0.25, 0.3) is 0 Å². The molecule has 3 nitrogen and oxygen atoms in total. The van der Waals surface area contributed by atoms with Gasteiger partial charge in [0.2, 0.25) is 0 Å². The fourth-order valence-electron chi connectivity index (χ4n) is 1.27. The molecule has 1 aromatic rings. The standard InChI is InChI=1S/C9H9ClN2O/c10-8-5-6(13)1-2-7(8)9-11-3-4-12-9/h1-2,5,13H,3-4H2,(H,11,12). The van der Waals surface area contributed by atoms with E-state index in [4.69, 9.17) is 16.7 Å². The number of hydrogen-bond donors (Lipinski definition) is 2. The SMILES string of the molecule is Oc1ccc(C2=NCCN2)c(Cl)c1. The third-order valence-electron chi connectivity index (χ3n) is 1.88. The third-order valence-corrected chi connectivity index (χ3v) is 2.19. The Morgan fingerprint density at radius 2 is 2.31 bits per heavy atom. The first-order valence-electron chi connectivity index (χ1n) is 4.04. The van der Waals surface area contributed by atoms with E-state index >= 15 is 0 Å². The molecule has 0 amide bonds. The minimum absolute atomic E-state index is 0.173. The van der Waals surface area contributed by atoms with E-state index in [0.717, 1.165) is 24.5 Å². The fourth-order valence-corrected chi connectivity index (χ4v) is 1.54. The lowest BCUT2D eigenvalue weighted by atomic mass is 10.2. The number of hydrogen-bond acceptors (Lipinski definition) is 3. The van der Waals surface area contributed by atoms with Crippen molar-refractivity contribution < 1.29 is 5.11 Å². The van der Waals surface area contributed by atoms with Crippen LogP contribution in [0.1, 0.15) is 5.56 Å². The number of rotatable bonds is 1. The van der Waals surface area contributed by atoms with E-state index in [-0.39, 0.29) is 5.75 Å². The van der Waals surface area contributed by atoms with Crippen LogP contribution in [0.4, 0.5) is 0 Å². The lowest BCUT2D eigenvalue weighted by molar-refractivity contribution is 0.475. The average Bonchev–Trinajstić information content (AvgIpc) is 2.56. The van der Waals surface area contributed by atoms with Gasteiger partial charge in [-0.3, -0.25) is 4.99 Å². The zero-order valence-corrected chi connectivity index (χ0v) is 7.67. The molecule has 0 spiro atoms. The Labute approximate surface area is 81.1 Å². The highest BCUT2D eigenvalue weighted by Gasteiger charge is 2.11. The molecule has 1 aromatic carbocycles. The van der Waals surface area contributed by atoms with Crippen LogP contribution in [0.5, 0.6) is 5.75 Å². The fraction of sp³-hybridized carbons (Fsp3) is 0.222. The van der Waals surface area contributed by atoms with Crippen LogP contribution < -0.4 is 5.32 Å². The first-order chi connectivity index (χ1) is 6.27. The van der Waals surface area contributed by atoms with E-state index in [1.807, 2.05) is 0 Å². The molecule has 68 valence electrons. The lowest BCUT2D eigenvalue weighted by Gasteiger charge is -2.04. The zero-order chi connectivity index (χ0) is 9.26. The second-order valence-electron chi connectivity index (χ2n) is 2.82. The van der Waals surface area contributed by atoms with Gasteiger partial charge in [-0.25, -0.2) is 0 Å². The van der Waals surface area contributed by atoms with Crippen molar-refractivity contribution in [2.45, 2.75) is 0 Å². The molecule has 0 bridgehead atoms. The normalized spacial score (nSPS) is 15.3. The summed E-state index contributed by atoms with van der Waals surface area (Å²) in [5, 5.41) is 12.8. The Bertz CT molecular complexity index is 363. The van der Waals surface area contributed by atoms with Gasteiger partial charge in [0.1, 0.15) is 11.6 Å². The van der Waals surface area contributed by atoms with Crippen molar-refractivity contribution in [1.29, 1.82) is 0 Å². The van der Waals surface area contributed by atoms with Crippen LogP contribution in [-0.4, -0.2) is 24.0 Å². The number of halogens is 1. The molecule has 0 unspecified atom stereocenters. The summed E-state index contributed by atoms with van der Waals surface area (Å²) in [7, 11) is 0. The van der Waals surface area contributed by atoms with Crippen molar-refractivity contribution in [3.8, 4) is 5.75 Å². The van der Waals surface area contributed by atoms with Crippen LogP contribution in [0.2, 0.25) is 5.02 Å². The number of aromatic hydroxyl groups is 1. The number of nitrogens with zero attached hydrogens (tertiary/aromatic N) is 1. The predicted octanol–water partition coefficient (Wildman–Crippen LogP) is 1.40. The Hall–Kier alpha value is -1.22. The van der Waals surface area contributed by atoms with E-state index in [9.17, 15) is 0 Å². The van der Waals surface area contributed by atoms with Gasteiger partial charge in [-0.15, -0.1) is 0 Å². The van der Waals surface area contributed by atoms with E-state index in [2.05, 4.69) is 10.3 Å². The first-order valence-corrected chi connectivity index (χ1v) is 4.42. The van der Waals surface area contributed by atoms with Crippen molar-refractivity contribution in [3.63, 3.8) is 0 Å². The van der Waals surface area contributed by atoms with E-state index in [1.165, 1.54) is 6.07 Å². The average molecular weight is 197 g/mol. The Morgan fingerprint density at radius 1 is 1.46 bits per heavy atom. The van der Waals surface area contributed by atoms with E-state index in [1.54, 1.807) is 12.1 Å². The summed E-state index contributed by atoms with van der Waals surface area (Å²) in [5.74, 6) is 0.984. The summed E-state index contributed by atoms with van der Waals surface area (Å²) < 4.78 is 0. The maximum absolute atomic E-state index is 9.14. The number of nitrogens with one attached hydrogen (secondary N) is 1. The minimum atomic E-state index is 0.173. The lowest BCUT2D eigenvalue weighted by Crippen LogP contribution is -2.19. The van der Waals surface area contributed by atoms with Gasteiger partial charge in [-0.1, -0.05) is 11.6 Å².